The summed E-state index contributed by atoms with van der Waals surface area (Å²) in [5.74, 6) is -2.07. The van der Waals surface area contributed by atoms with Crippen LogP contribution in [-0.2, 0) is 9.47 Å². The molecule has 1 heterocycles. The first-order valence-electron chi connectivity index (χ1n) is 8.91. The lowest BCUT2D eigenvalue weighted by Gasteiger charge is -2.09. The Balaban J connectivity index is 2.42. The van der Waals surface area contributed by atoms with E-state index in [1.807, 2.05) is 6.07 Å². The highest BCUT2D eigenvalue weighted by molar-refractivity contribution is 7.16. The minimum Gasteiger partial charge on any atom is -0.459 e. The fourth-order valence-corrected chi connectivity index (χ4v) is 3.32. The number of benzene rings is 1. The normalized spacial score (nSPS) is 10.6. The van der Waals surface area contributed by atoms with Crippen LogP contribution in [0.5, 0.6) is 5.75 Å². The number of rotatable bonds is 6. The van der Waals surface area contributed by atoms with Crippen molar-refractivity contribution >= 4 is 29.2 Å². The molecule has 0 aliphatic carbocycles. The smallest absolute Gasteiger partial charge is 0.352 e. The number of ether oxygens (including phenoxy) is 3. The van der Waals surface area contributed by atoms with Crippen LogP contribution in [0.25, 0.3) is 0 Å². The van der Waals surface area contributed by atoms with Crippen LogP contribution < -0.4 is 4.74 Å². The molecule has 2 aromatic rings. The molecule has 1 aromatic carbocycles. The summed E-state index contributed by atoms with van der Waals surface area (Å²) in [6.45, 7) is 8.37. The highest BCUT2D eigenvalue weighted by Crippen LogP contribution is 2.37. The third-order valence-corrected chi connectivity index (χ3v) is 4.83. The Morgan fingerprint density at radius 2 is 1.41 bits per heavy atom. The van der Waals surface area contributed by atoms with E-state index in [4.69, 9.17) is 19.5 Å². The lowest BCUT2D eigenvalue weighted by atomic mass is 10.1. The summed E-state index contributed by atoms with van der Waals surface area (Å²) in [6.07, 6.45) is -0.738. The van der Waals surface area contributed by atoms with Crippen LogP contribution >= 0.6 is 11.3 Å². The van der Waals surface area contributed by atoms with Crippen LogP contribution in [0.15, 0.2) is 24.3 Å². The maximum absolute atomic E-state index is 12.6. The van der Waals surface area contributed by atoms with Gasteiger partial charge in [-0.05, 0) is 58.9 Å². The molecule has 29 heavy (non-hydrogen) atoms. The molecule has 1 aromatic heterocycles. The Morgan fingerprint density at radius 3 is 1.90 bits per heavy atom. The first kappa shape index (κ1) is 22.1. The summed E-state index contributed by atoms with van der Waals surface area (Å²) >= 11 is 0.860. The number of carbonyl (C=O) groups is 3. The Morgan fingerprint density at radius 1 is 0.897 bits per heavy atom. The predicted octanol–water partition coefficient (Wildman–Crippen LogP) is 4.28. The molecule has 0 radical (unpaired) electrons. The zero-order valence-electron chi connectivity index (χ0n) is 16.8. The van der Waals surface area contributed by atoms with E-state index < -0.39 is 24.0 Å². The number of thiophene rings is 1. The average Bonchev–Trinajstić information content (AvgIpc) is 2.97. The molecule has 0 unspecified atom stereocenters. The maximum atomic E-state index is 12.6. The van der Waals surface area contributed by atoms with Gasteiger partial charge in [-0.1, -0.05) is 0 Å². The van der Waals surface area contributed by atoms with E-state index in [9.17, 15) is 14.4 Å². The van der Waals surface area contributed by atoms with Gasteiger partial charge in [0.15, 0.2) is 10.6 Å². The molecule has 0 spiro atoms. The van der Waals surface area contributed by atoms with Gasteiger partial charge in [-0.3, -0.25) is 0 Å². The molecule has 0 bridgehead atoms. The molecule has 0 saturated carbocycles. The summed E-state index contributed by atoms with van der Waals surface area (Å²) in [4.78, 5) is 37.6. The second kappa shape index (κ2) is 9.34. The first-order chi connectivity index (χ1) is 13.6. The molecule has 0 amide bonds. The summed E-state index contributed by atoms with van der Waals surface area (Å²) in [6, 6.07) is 7.82. The standard InChI is InChI=1S/C21H21NO6S/c1-11(2)26-20(24)17-13(5)16(18(29-17)21(25)27-12(3)4)28-19(23)15-8-6-14(10-22)7-9-15/h6-9,11-12H,1-5H3. The van der Waals surface area contributed by atoms with Crippen molar-refractivity contribution in [1.82, 2.24) is 0 Å². The van der Waals surface area contributed by atoms with E-state index in [-0.39, 0.29) is 27.2 Å². The van der Waals surface area contributed by atoms with E-state index in [1.165, 1.54) is 24.3 Å². The highest BCUT2D eigenvalue weighted by atomic mass is 32.1. The topological polar surface area (TPSA) is 103 Å². The lowest BCUT2D eigenvalue weighted by Crippen LogP contribution is -2.14. The number of hydrogen-bond donors (Lipinski definition) is 0. The summed E-state index contributed by atoms with van der Waals surface area (Å²) < 4.78 is 15.9. The molecule has 0 atom stereocenters. The average molecular weight is 415 g/mol. The van der Waals surface area contributed by atoms with E-state index in [0.717, 1.165) is 11.3 Å². The fourth-order valence-electron chi connectivity index (χ4n) is 2.32. The van der Waals surface area contributed by atoms with Gasteiger partial charge in [0.1, 0.15) is 4.88 Å². The van der Waals surface area contributed by atoms with Gasteiger partial charge < -0.3 is 14.2 Å². The number of nitriles is 1. The molecule has 7 nitrogen and oxygen atoms in total. The molecule has 2 rings (SSSR count). The van der Waals surface area contributed by atoms with Crippen LogP contribution in [0, 0.1) is 18.3 Å². The number of carbonyl (C=O) groups excluding carboxylic acids is 3. The van der Waals surface area contributed by atoms with Crippen molar-refractivity contribution in [2.75, 3.05) is 0 Å². The minimum absolute atomic E-state index is 0.00824. The van der Waals surface area contributed by atoms with Crippen LogP contribution in [0.2, 0.25) is 0 Å². The van der Waals surface area contributed by atoms with Crippen molar-refractivity contribution in [3.05, 3.63) is 50.7 Å². The molecule has 0 aliphatic rings. The summed E-state index contributed by atoms with van der Waals surface area (Å²) in [5, 5.41) is 8.87. The zero-order valence-corrected chi connectivity index (χ0v) is 17.6. The van der Waals surface area contributed by atoms with Crippen molar-refractivity contribution in [3.63, 3.8) is 0 Å². The van der Waals surface area contributed by atoms with Crippen molar-refractivity contribution in [2.24, 2.45) is 0 Å². The van der Waals surface area contributed by atoms with Crippen LogP contribution in [0.1, 0.15) is 68.5 Å². The zero-order chi connectivity index (χ0) is 21.7. The van der Waals surface area contributed by atoms with Crippen molar-refractivity contribution in [3.8, 4) is 11.8 Å². The SMILES string of the molecule is Cc1c(C(=O)OC(C)C)sc(C(=O)OC(C)C)c1OC(=O)c1ccc(C#N)cc1. The van der Waals surface area contributed by atoms with E-state index in [1.54, 1.807) is 34.6 Å². The van der Waals surface area contributed by atoms with Gasteiger partial charge in [0.05, 0.1) is 29.4 Å². The van der Waals surface area contributed by atoms with Gasteiger partial charge in [0.2, 0.25) is 0 Å². The monoisotopic (exact) mass is 415 g/mol. The van der Waals surface area contributed by atoms with Gasteiger partial charge in [-0.25, -0.2) is 14.4 Å². The molecule has 152 valence electrons. The third-order valence-electron chi connectivity index (χ3n) is 3.59. The maximum Gasteiger partial charge on any atom is 0.352 e. The van der Waals surface area contributed by atoms with E-state index in [2.05, 4.69) is 0 Å². The fraction of sp³-hybridized carbons (Fsp3) is 0.333. The van der Waals surface area contributed by atoms with Crippen molar-refractivity contribution < 1.29 is 28.6 Å². The first-order valence-corrected chi connectivity index (χ1v) is 9.73. The van der Waals surface area contributed by atoms with Crippen LogP contribution in [0.3, 0.4) is 0 Å². The van der Waals surface area contributed by atoms with Crippen molar-refractivity contribution in [1.29, 1.82) is 5.26 Å². The van der Waals surface area contributed by atoms with Gasteiger partial charge in [0, 0.05) is 5.56 Å². The predicted molar refractivity (Wildman–Crippen MR) is 106 cm³/mol. The Bertz CT molecular complexity index is 966. The van der Waals surface area contributed by atoms with Crippen LogP contribution in [0.4, 0.5) is 0 Å². The molecule has 0 aliphatic heterocycles. The summed E-state index contributed by atoms with van der Waals surface area (Å²) in [7, 11) is 0. The summed E-state index contributed by atoms with van der Waals surface area (Å²) in [5.41, 5.74) is 0.913. The second-order valence-electron chi connectivity index (χ2n) is 6.70. The molecule has 8 heteroatoms. The van der Waals surface area contributed by atoms with Gasteiger partial charge >= 0.3 is 17.9 Å². The Labute approximate surface area is 172 Å². The van der Waals surface area contributed by atoms with E-state index in [0.29, 0.717) is 11.1 Å². The minimum atomic E-state index is -0.724. The lowest BCUT2D eigenvalue weighted by molar-refractivity contribution is 0.0370. The quantitative estimate of drug-likeness (QED) is 0.649. The molecular formula is C21H21NO6S. The molecular weight excluding hydrogens is 394 g/mol. The highest BCUT2D eigenvalue weighted by Gasteiger charge is 2.29. The Hall–Kier alpha value is -3.18. The Kier molecular flexibility index (Phi) is 7.13. The van der Waals surface area contributed by atoms with Gasteiger partial charge in [0.25, 0.3) is 0 Å². The number of nitrogens with zero attached hydrogens (tertiary/aromatic N) is 1. The number of esters is 3. The molecule has 0 saturated heterocycles. The number of hydrogen-bond acceptors (Lipinski definition) is 8. The van der Waals surface area contributed by atoms with Gasteiger partial charge in [-0.2, -0.15) is 5.26 Å². The van der Waals surface area contributed by atoms with Gasteiger partial charge in [-0.15, -0.1) is 11.3 Å². The molecule has 0 N–H and O–H groups in total. The van der Waals surface area contributed by atoms with Crippen molar-refractivity contribution in [2.45, 2.75) is 46.8 Å². The molecule has 0 fully saturated rings. The third kappa shape index (κ3) is 5.42. The largest absolute Gasteiger partial charge is 0.459 e. The van der Waals surface area contributed by atoms with Crippen LogP contribution in [-0.4, -0.2) is 30.1 Å². The second-order valence-corrected chi connectivity index (χ2v) is 7.72. The van der Waals surface area contributed by atoms with E-state index >= 15 is 0 Å².